The van der Waals surface area contributed by atoms with Crippen molar-refractivity contribution in [1.82, 2.24) is 0 Å². The third-order valence-corrected chi connectivity index (χ3v) is 4.87. The summed E-state index contributed by atoms with van der Waals surface area (Å²) in [5, 5.41) is 0. The summed E-state index contributed by atoms with van der Waals surface area (Å²) < 4.78 is 5.51. The molecule has 1 fully saturated rings. The van der Waals surface area contributed by atoms with Crippen LogP contribution in [0.15, 0.2) is 23.0 Å². The lowest BCUT2D eigenvalue weighted by Gasteiger charge is -2.16. The number of hydrogen-bond acceptors (Lipinski definition) is 2. The average molecular weight is 262 g/mol. The zero-order valence-corrected chi connectivity index (χ0v) is 12.9. The van der Waals surface area contributed by atoms with E-state index in [0.717, 1.165) is 24.5 Å². The highest BCUT2D eigenvalue weighted by atomic mass is 16.5. The first kappa shape index (κ1) is 14.4. The number of ether oxygens (including phenoxy) is 1. The van der Waals surface area contributed by atoms with E-state index in [4.69, 9.17) is 4.74 Å². The molecule has 0 saturated heterocycles. The first-order valence-corrected chi connectivity index (χ1v) is 7.37. The molecule has 0 heterocycles. The Kier molecular flexibility index (Phi) is 3.89. The summed E-state index contributed by atoms with van der Waals surface area (Å²) in [6.07, 6.45) is 7.00. The van der Waals surface area contributed by atoms with E-state index >= 15 is 0 Å². The molecule has 0 unspecified atom stereocenters. The van der Waals surface area contributed by atoms with E-state index in [0.29, 0.717) is 11.3 Å². The highest BCUT2D eigenvalue weighted by Gasteiger charge is 2.63. The number of carbonyl (C=O) groups is 1. The minimum absolute atomic E-state index is 0.173. The van der Waals surface area contributed by atoms with Gasteiger partial charge in [-0.3, -0.25) is 4.79 Å². The first-order chi connectivity index (χ1) is 8.86. The molecule has 3 atom stereocenters. The SMILES string of the molecule is CC(=O)OC1=C(C)CC[C@H]2[C@@H]1[C@@]2(C)CCC=C(C)C. The van der Waals surface area contributed by atoms with Gasteiger partial charge in [0.1, 0.15) is 5.76 Å². The van der Waals surface area contributed by atoms with Crippen LogP contribution >= 0.6 is 0 Å². The molecule has 2 heteroatoms. The summed E-state index contributed by atoms with van der Waals surface area (Å²) in [7, 11) is 0. The predicted octanol–water partition coefficient (Wildman–Crippen LogP) is 4.62. The monoisotopic (exact) mass is 262 g/mol. The maximum absolute atomic E-state index is 11.3. The van der Waals surface area contributed by atoms with Crippen molar-refractivity contribution in [2.75, 3.05) is 0 Å². The van der Waals surface area contributed by atoms with Gasteiger partial charge in [-0.25, -0.2) is 0 Å². The van der Waals surface area contributed by atoms with Crippen LogP contribution in [0.2, 0.25) is 0 Å². The molecule has 0 bridgehead atoms. The molecule has 2 rings (SSSR count). The van der Waals surface area contributed by atoms with Crippen LogP contribution < -0.4 is 0 Å². The Morgan fingerprint density at radius 2 is 2.11 bits per heavy atom. The summed E-state index contributed by atoms with van der Waals surface area (Å²) in [6, 6.07) is 0. The van der Waals surface area contributed by atoms with Crippen molar-refractivity contribution < 1.29 is 9.53 Å². The second-order valence-corrected chi connectivity index (χ2v) is 6.69. The Morgan fingerprint density at radius 3 is 2.68 bits per heavy atom. The van der Waals surface area contributed by atoms with E-state index < -0.39 is 0 Å². The van der Waals surface area contributed by atoms with Gasteiger partial charge in [0.15, 0.2) is 0 Å². The van der Waals surface area contributed by atoms with Crippen LogP contribution in [0.4, 0.5) is 0 Å². The van der Waals surface area contributed by atoms with Crippen LogP contribution in [0.1, 0.15) is 60.3 Å². The maximum atomic E-state index is 11.3. The van der Waals surface area contributed by atoms with Gasteiger partial charge in [0.05, 0.1) is 0 Å². The van der Waals surface area contributed by atoms with Gasteiger partial charge in [0, 0.05) is 12.8 Å². The lowest BCUT2D eigenvalue weighted by Crippen LogP contribution is -2.09. The molecule has 0 aromatic heterocycles. The van der Waals surface area contributed by atoms with Gasteiger partial charge in [0.2, 0.25) is 0 Å². The second kappa shape index (κ2) is 5.15. The third kappa shape index (κ3) is 2.77. The number of allylic oxidation sites excluding steroid dienone is 4. The van der Waals surface area contributed by atoms with Gasteiger partial charge in [0.25, 0.3) is 0 Å². The molecular weight excluding hydrogens is 236 g/mol. The molecule has 0 aromatic rings. The zero-order valence-electron chi connectivity index (χ0n) is 12.9. The molecule has 106 valence electrons. The lowest BCUT2D eigenvalue weighted by atomic mass is 9.96. The Morgan fingerprint density at radius 1 is 1.42 bits per heavy atom. The highest BCUT2D eigenvalue weighted by Crippen LogP contribution is 2.69. The van der Waals surface area contributed by atoms with Crippen LogP contribution in [0, 0.1) is 17.3 Å². The molecule has 2 aliphatic carbocycles. The smallest absolute Gasteiger partial charge is 0.307 e. The van der Waals surface area contributed by atoms with Gasteiger partial charge in [-0.15, -0.1) is 0 Å². The largest absolute Gasteiger partial charge is 0.431 e. The maximum Gasteiger partial charge on any atom is 0.307 e. The van der Waals surface area contributed by atoms with Crippen LogP contribution in [0.5, 0.6) is 0 Å². The Balaban J connectivity index is 2.08. The fourth-order valence-electron chi connectivity index (χ4n) is 3.72. The van der Waals surface area contributed by atoms with Crippen LogP contribution in [0.25, 0.3) is 0 Å². The van der Waals surface area contributed by atoms with E-state index in [1.54, 1.807) is 0 Å². The summed E-state index contributed by atoms with van der Waals surface area (Å²) >= 11 is 0. The minimum atomic E-state index is -0.173. The van der Waals surface area contributed by atoms with Crippen LogP contribution in [-0.4, -0.2) is 5.97 Å². The molecule has 0 spiro atoms. The molecule has 0 N–H and O–H groups in total. The summed E-state index contributed by atoms with van der Waals surface area (Å²) in [5.41, 5.74) is 3.01. The van der Waals surface area contributed by atoms with Gasteiger partial charge < -0.3 is 4.74 Å². The molecular formula is C17H26O2. The van der Waals surface area contributed by atoms with Crippen molar-refractivity contribution >= 4 is 5.97 Å². The van der Waals surface area contributed by atoms with Crippen molar-refractivity contribution in [1.29, 1.82) is 0 Å². The quantitative estimate of drug-likeness (QED) is 0.546. The Hall–Kier alpha value is -1.05. The molecule has 0 aromatic carbocycles. The minimum Gasteiger partial charge on any atom is -0.431 e. The molecule has 19 heavy (non-hydrogen) atoms. The van der Waals surface area contributed by atoms with E-state index in [-0.39, 0.29) is 5.97 Å². The number of hydrogen-bond donors (Lipinski definition) is 0. The fourth-order valence-corrected chi connectivity index (χ4v) is 3.72. The first-order valence-electron chi connectivity index (χ1n) is 7.37. The van der Waals surface area contributed by atoms with Crippen molar-refractivity contribution in [3.8, 4) is 0 Å². The van der Waals surface area contributed by atoms with E-state index in [2.05, 4.69) is 33.8 Å². The van der Waals surface area contributed by atoms with Gasteiger partial charge >= 0.3 is 5.97 Å². The van der Waals surface area contributed by atoms with Crippen LogP contribution in [-0.2, 0) is 9.53 Å². The molecule has 2 aliphatic rings. The van der Waals surface area contributed by atoms with Gasteiger partial charge in [-0.05, 0) is 63.4 Å². The third-order valence-electron chi connectivity index (χ3n) is 4.87. The van der Waals surface area contributed by atoms with Crippen LogP contribution in [0.3, 0.4) is 0 Å². The molecule has 2 nitrogen and oxygen atoms in total. The Labute approximate surface area is 116 Å². The summed E-state index contributed by atoms with van der Waals surface area (Å²) in [6.45, 7) is 10.3. The van der Waals surface area contributed by atoms with Gasteiger partial charge in [-0.2, -0.15) is 0 Å². The Bertz CT molecular complexity index is 440. The van der Waals surface area contributed by atoms with Crippen molar-refractivity contribution in [2.45, 2.75) is 60.3 Å². The molecule has 0 radical (unpaired) electrons. The average Bonchev–Trinajstić information content (AvgIpc) is 2.87. The van der Waals surface area contributed by atoms with E-state index in [1.165, 1.54) is 30.9 Å². The number of rotatable bonds is 4. The van der Waals surface area contributed by atoms with Crippen molar-refractivity contribution in [3.63, 3.8) is 0 Å². The molecule has 0 amide bonds. The molecule has 1 saturated carbocycles. The number of esters is 1. The molecule has 0 aliphatic heterocycles. The zero-order chi connectivity index (χ0) is 14.2. The normalized spacial score (nSPS) is 32.7. The van der Waals surface area contributed by atoms with E-state index in [9.17, 15) is 4.79 Å². The van der Waals surface area contributed by atoms with Crippen molar-refractivity contribution in [3.05, 3.63) is 23.0 Å². The number of carbonyl (C=O) groups excluding carboxylic acids is 1. The highest BCUT2D eigenvalue weighted by molar-refractivity contribution is 5.67. The summed E-state index contributed by atoms with van der Waals surface area (Å²) in [5.74, 6) is 2.02. The predicted molar refractivity (Wildman–Crippen MR) is 77.5 cm³/mol. The van der Waals surface area contributed by atoms with E-state index in [1.807, 2.05) is 0 Å². The van der Waals surface area contributed by atoms with Gasteiger partial charge in [-0.1, -0.05) is 18.6 Å². The number of fused-ring (bicyclic) bond motifs is 1. The topological polar surface area (TPSA) is 26.3 Å². The fraction of sp³-hybridized carbons (Fsp3) is 0.706. The summed E-state index contributed by atoms with van der Waals surface area (Å²) in [4.78, 5) is 11.3. The lowest BCUT2D eigenvalue weighted by molar-refractivity contribution is -0.137. The van der Waals surface area contributed by atoms with Crippen molar-refractivity contribution in [2.24, 2.45) is 17.3 Å². The second-order valence-electron chi connectivity index (χ2n) is 6.69. The standard InChI is InChI=1S/C17H26O2/c1-11(2)7-6-10-17(5)14-9-8-12(3)16(15(14)17)19-13(4)18/h7,14-15H,6,8-10H2,1-5H3/t14-,15-,17-/m0/s1.